The lowest BCUT2D eigenvalue weighted by atomic mass is 10.2. The molecule has 0 aliphatic rings. The summed E-state index contributed by atoms with van der Waals surface area (Å²) >= 11 is 0. The van der Waals surface area contributed by atoms with Crippen molar-refractivity contribution >= 4 is 0 Å². The van der Waals surface area contributed by atoms with Crippen LogP contribution in [-0.4, -0.2) is 9.55 Å². The first-order chi connectivity index (χ1) is 7.74. The van der Waals surface area contributed by atoms with Crippen LogP contribution in [0.2, 0.25) is 0 Å². The van der Waals surface area contributed by atoms with Gasteiger partial charge in [-0.05, 0) is 17.7 Å². The van der Waals surface area contributed by atoms with Crippen molar-refractivity contribution in [1.29, 1.82) is 0 Å². The Hall–Kier alpha value is -1.68. The van der Waals surface area contributed by atoms with Crippen molar-refractivity contribution in [3.8, 4) is 0 Å². The molecule has 0 saturated heterocycles. The first kappa shape index (κ1) is 10.8. The van der Waals surface area contributed by atoms with Crippen LogP contribution in [0.3, 0.4) is 0 Å². The SMILES string of the molecule is Cn1cnc(CNCc2cccc(F)c2)c1. The largest absolute Gasteiger partial charge is 0.340 e. The second-order valence-electron chi connectivity index (χ2n) is 3.76. The maximum Gasteiger partial charge on any atom is 0.123 e. The van der Waals surface area contributed by atoms with Gasteiger partial charge in [0.2, 0.25) is 0 Å². The topological polar surface area (TPSA) is 29.9 Å². The molecule has 0 amide bonds. The predicted molar refractivity (Wildman–Crippen MR) is 60.2 cm³/mol. The highest BCUT2D eigenvalue weighted by Gasteiger charge is 1.97. The second-order valence-corrected chi connectivity index (χ2v) is 3.76. The van der Waals surface area contributed by atoms with Gasteiger partial charge in [-0.1, -0.05) is 12.1 Å². The third kappa shape index (κ3) is 2.90. The van der Waals surface area contributed by atoms with Crippen LogP contribution >= 0.6 is 0 Å². The highest BCUT2D eigenvalue weighted by molar-refractivity contribution is 5.16. The predicted octanol–water partition coefficient (Wildman–Crippen LogP) is 1.85. The van der Waals surface area contributed by atoms with Crippen LogP contribution in [0, 0.1) is 5.82 Å². The molecule has 2 rings (SSSR count). The molecule has 0 saturated carbocycles. The molecule has 0 aliphatic carbocycles. The number of imidazole rings is 1. The summed E-state index contributed by atoms with van der Waals surface area (Å²) in [6, 6.07) is 6.59. The van der Waals surface area contributed by atoms with Gasteiger partial charge in [0.25, 0.3) is 0 Å². The molecule has 1 N–H and O–H groups in total. The van der Waals surface area contributed by atoms with Gasteiger partial charge in [0, 0.05) is 26.3 Å². The maximum atomic E-state index is 12.9. The van der Waals surface area contributed by atoms with Crippen LogP contribution in [0.5, 0.6) is 0 Å². The quantitative estimate of drug-likeness (QED) is 0.850. The molecule has 84 valence electrons. The summed E-state index contributed by atoms with van der Waals surface area (Å²) in [6.07, 6.45) is 3.72. The van der Waals surface area contributed by atoms with Gasteiger partial charge < -0.3 is 9.88 Å². The van der Waals surface area contributed by atoms with Gasteiger partial charge in [-0.15, -0.1) is 0 Å². The summed E-state index contributed by atoms with van der Waals surface area (Å²) in [6.45, 7) is 1.34. The summed E-state index contributed by atoms with van der Waals surface area (Å²) in [5, 5.41) is 3.22. The zero-order valence-corrected chi connectivity index (χ0v) is 9.15. The van der Waals surface area contributed by atoms with E-state index in [4.69, 9.17) is 0 Å². The number of rotatable bonds is 4. The second kappa shape index (κ2) is 4.90. The van der Waals surface area contributed by atoms with Crippen LogP contribution in [0.15, 0.2) is 36.8 Å². The van der Waals surface area contributed by atoms with Crippen LogP contribution in [-0.2, 0) is 20.1 Å². The molecule has 0 aliphatic heterocycles. The Bertz CT molecular complexity index is 465. The number of benzene rings is 1. The number of aryl methyl sites for hydroxylation is 1. The number of nitrogens with zero attached hydrogens (tertiary/aromatic N) is 2. The number of hydrogen-bond acceptors (Lipinski definition) is 2. The fraction of sp³-hybridized carbons (Fsp3) is 0.250. The van der Waals surface area contributed by atoms with Gasteiger partial charge in [0.1, 0.15) is 5.82 Å². The fourth-order valence-corrected chi connectivity index (χ4v) is 1.54. The Morgan fingerprint density at radius 3 is 2.94 bits per heavy atom. The summed E-state index contributed by atoms with van der Waals surface area (Å²) in [7, 11) is 1.93. The van der Waals surface area contributed by atoms with Gasteiger partial charge in [-0.25, -0.2) is 9.37 Å². The molecule has 1 heterocycles. The number of halogens is 1. The van der Waals surface area contributed by atoms with Crippen molar-refractivity contribution in [2.24, 2.45) is 7.05 Å². The minimum Gasteiger partial charge on any atom is -0.340 e. The molecule has 0 fully saturated rings. The molecule has 0 bridgehead atoms. The molecule has 16 heavy (non-hydrogen) atoms. The van der Waals surface area contributed by atoms with Gasteiger partial charge >= 0.3 is 0 Å². The van der Waals surface area contributed by atoms with Crippen molar-refractivity contribution in [2.45, 2.75) is 13.1 Å². The van der Waals surface area contributed by atoms with E-state index < -0.39 is 0 Å². The van der Waals surface area contributed by atoms with Crippen LogP contribution in [0.25, 0.3) is 0 Å². The van der Waals surface area contributed by atoms with E-state index in [1.807, 2.05) is 23.9 Å². The highest BCUT2D eigenvalue weighted by atomic mass is 19.1. The minimum atomic E-state index is -0.197. The summed E-state index contributed by atoms with van der Waals surface area (Å²) in [4.78, 5) is 4.19. The van der Waals surface area contributed by atoms with E-state index in [9.17, 15) is 4.39 Å². The zero-order chi connectivity index (χ0) is 11.4. The first-order valence-corrected chi connectivity index (χ1v) is 5.16. The minimum absolute atomic E-state index is 0.197. The average Bonchev–Trinajstić information content (AvgIpc) is 2.64. The molecule has 2 aromatic rings. The molecule has 0 spiro atoms. The number of aromatic nitrogens is 2. The van der Waals surface area contributed by atoms with E-state index in [1.54, 1.807) is 12.4 Å². The van der Waals surface area contributed by atoms with Gasteiger partial charge in [-0.3, -0.25) is 0 Å². The summed E-state index contributed by atoms with van der Waals surface area (Å²) in [5.74, 6) is -0.197. The van der Waals surface area contributed by atoms with Crippen molar-refractivity contribution in [1.82, 2.24) is 14.9 Å². The lowest BCUT2D eigenvalue weighted by Crippen LogP contribution is -2.12. The van der Waals surface area contributed by atoms with E-state index in [0.29, 0.717) is 13.1 Å². The first-order valence-electron chi connectivity index (χ1n) is 5.16. The number of nitrogens with one attached hydrogen (secondary N) is 1. The van der Waals surface area contributed by atoms with E-state index in [0.717, 1.165) is 11.3 Å². The lowest BCUT2D eigenvalue weighted by Gasteiger charge is -2.02. The fourth-order valence-electron chi connectivity index (χ4n) is 1.54. The van der Waals surface area contributed by atoms with Gasteiger partial charge in [-0.2, -0.15) is 0 Å². The Morgan fingerprint density at radius 1 is 1.38 bits per heavy atom. The van der Waals surface area contributed by atoms with Crippen LogP contribution in [0.1, 0.15) is 11.3 Å². The van der Waals surface area contributed by atoms with Crippen molar-refractivity contribution < 1.29 is 4.39 Å². The molecule has 0 radical (unpaired) electrons. The maximum absolute atomic E-state index is 12.9. The molecule has 1 aromatic carbocycles. The van der Waals surface area contributed by atoms with Crippen molar-refractivity contribution in [2.75, 3.05) is 0 Å². The number of hydrogen-bond donors (Lipinski definition) is 1. The average molecular weight is 219 g/mol. The van der Waals surface area contributed by atoms with Crippen molar-refractivity contribution in [3.05, 3.63) is 53.9 Å². The van der Waals surface area contributed by atoms with Crippen LogP contribution < -0.4 is 5.32 Å². The van der Waals surface area contributed by atoms with Crippen LogP contribution in [0.4, 0.5) is 4.39 Å². The highest BCUT2D eigenvalue weighted by Crippen LogP contribution is 2.03. The molecule has 3 nitrogen and oxygen atoms in total. The van der Waals surface area contributed by atoms with E-state index in [-0.39, 0.29) is 5.82 Å². The molecule has 4 heteroatoms. The third-order valence-electron chi connectivity index (χ3n) is 2.28. The van der Waals surface area contributed by atoms with Gasteiger partial charge in [0.05, 0.1) is 12.0 Å². The lowest BCUT2D eigenvalue weighted by molar-refractivity contribution is 0.619. The van der Waals surface area contributed by atoms with Gasteiger partial charge in [0.15, 0.2) is 0 Å². The molecule has 0 unspecified atom stereocenters. The summed E-state index contributed by atoms with van der Waals surface area (Å²) in [5.41, 5.74) is 1.93. The molecular weight excluding hydrogens is 205 g/mol. The molecule has 0 atom stereocenters. The molecular formula is C12H14FN3. The Labute approximate surface area is 93.9 Å². The monoisotopic (exact) mass is 219 g/mol. The van der Waals surface area contributed by atoms with E-state index >= 15 is 0 Å². The Kier molecular flexibility index (Phi) is 3.31. The molecule has 1 aromatic heterocycles. The Balaban J connectivity index is 1.84. The summed E-state index contributed by atoms with van der Waals surface area (Å²) < 4.78 is 14.8. The zero-order valence-electron chi connectivity index (χ0n) is 9.15. The van der Waals surface area contributed by atoms with E-state index in [1.165, 1.54) is 12.1 Å². The van der Waals surface area contributed by atoms with E-state index in [2.05, 4.69) is 10.3 Å². The standard InChI is InChI=1S/C12H14FN3/c1-16-8-12(15-9-16)7-14-6-10-3-2-4-11(13)5-10/h2-5,8-9,14H,6-7H2,1H3. The normalized spacial score (nSPS) is 10.6. The smallest absolute Gasteiger partial charge is 0.123 e. The Morgan fingerprint density at radius 2 is 2.25 bits per heavy atom. The van der Waals surface area contributed by atoms with Crippen molar-refractivity contribution in [3.63, 3.8) is 0 Å². The third-order valence-corrected chi connectivity index (χ3v) is 2.28.